The topological polar surface area (TPSA) is 68.1 Å². The summed E-state index contributed by atoms with van der Waals surface area (Å²) in [6.45, 7) is 4.51. The first kappa shape index (κ1) is 19.3. The molecule has 0 amide bonds. The van der Waals surface area contributed by atoms with Gasteiger partial charge in [-0.25, -0.2) is 8.42 Å². The van der Waals surface area contributed by atoms with Crippen molar-refractivity contribution in [1.29, 1.82) is 0 Å². The lowest BCUT2D eigenvalue weighted by atomic mass is 9.99. The molecule has 0 aliphatic carbocycles. The van der Waals surface area contributed by atoms with E-state index in [1.54, 1.807) is 27.6 Å². The Labute approximate surface area is 169 Å². The highest BCUT2D eigenvalue weighted by atomic mass is 32.2. The van der Waals surface area contributed by atoms with Gasteiger partial charge in [-0.1, -0.05) is 18.6 Å². The minimum absolute atomic E-state index is 0.0816. The highest BCUT2D eigenvalue weighted by molar-refractivity contribution is 7.89. The summed E-state index contributed by atoms with van der Waals surface area (Å²) in [4.78, 5) is 5.36. The molecule has 3 aromatic heterocycles. The molecule has 0 bridgehead atoms. The molecule has 3 aromatic rings. The fourth-order valence-electron chi connectivity index (χ4n) is 3.64. The van der Waals surface area contributed by atoms with Gasteiger partial charge in [0.2, 0.25) is 10.0 Å². The molecule has 0 N–H and O–H groups in total. The van der Waals surface area contributed by atoms with E-state index in [1.807, 2.05) is 43.5 Å². The van der Waals surface area contributed by atoms with Gasteiger partial charge in [-0.2, -0.15) is 9.40 Å². The van der Waals surface area contributed by atoms with Crippen LogP contribution in [0.1, 0.15) is 50.8 Å². The monoisotopic (exact) mass is 416 g/mol. The fourth-order valence-corrected chi connectivity index (χ4v) is 6.25. The van der Waals surface area contributed by atoms with Gasteiger partial charge in [0, 0.05) is 31.2 Å². The van der Waals surface area contributed by atoms with Gasteiger partial charge in [0.25, 0.3) is 0 Å². The summed E-state index contributed by atoms with van der Waals surface area (Å²) in [5, 5.41) is 6.56. The molecule has 1 aliphatic rings. The summed E-state index contributed by atoms with van der Waals surface area (Å²) in [6.07, 6.45) is 7.85. The van der Waals surface area contributed by atoms with E-state index < -0.39 is 10.0 Å². The molecule has 0 spiro atoms. The van der Waals surface area contributed by atoms with Crippen LogP contribution in [0.15, 0.2) is 53.1 Å². The summed E-state index contributed by atoms with van der Waals surface area (Å²) in [6, 6.07) is 7.56. The number of hydrogen-bond donors (Lipinski definition) is 0. The van der Waals surface area contributed by atoms with Crippen LogP contribution in [0.2, 0.25) is 0 Å². The van der Waals surface area contributed by atoms with E-state index in [0.29, 0.717) is 17.1 Å². The molecule has 0 saturated carbocycles. The third kappa shape index (κ3) is 3.52. The standard InChI is InChI=1S/C20H24N4O2S2/c1-15(2)23-14-19(20(22-23)18-9-6-12-27-18)28(25,26)24-11-4-3-8-17(24)16-7-5-10-21-13-16/h5-7,9-10,12-15,17H,3-4,8,11H2,1-2H3. The Bertz CT molecular complexity index is 1030. The Kier molecular flexibility index (Phi) is 5.35. The second-order valence-electron chi connectivity index (χ2n) is 7.31. The molecule has 1 atom stereocenters. The number of thiophene rings is 1. The first-order valence-electron chi connectivity index (χ1n) is 9.53. The van der Waals surface area contributed by atoms with Gasteiger partial charge in [0.15, 0.2) is 0 Å². The number of aromatic nitrogens is 3. The zero-order chi connectivity index (χ0) is 19.7. The lowest BCUT2D eigenvalue weighted by molar-refractivity contribution is 0.255. The molecule has 4 heterocycles. The van der Waals surface area contributed by atoms with Crippen molar-refractivity contribution in [2.24, 2.45) is 0 Å². The molecular weight excluding hydrogens is 392 g/mol. The van der Waals surface area contributed by atoms with E-state index in [-0.39, 0.29) is 12.1 Å². The maximum absolute atomic E-state index is 13.8. The van der Waals surface area contributed by atoms with Crippen LogP contribution in [0.4, 0.5) is 0 Å². The van der Waals surface area contributed by atoms with Crippen molar-refractivity contribution < 1.29 is 8.42 Å². The van der Waals surface area contributed by atoms with E-state index in [0.717, 1.165) is 29.7 Å². The Morgan fingerprint density at radius 2 is 2.07 bits per heavy atom. The van der Waals surface area contributed by atoms with Crippen LogP contribution in [-0.2, 0) is 10.0 Å². The molecule has 4 rings (SSSR count). The number of pyridine rings is 1. The van der Waals surface area contributed by atoms with Gasteiger partial charge in [-0.15, -0.1) is 11.3 Å². The number of rotatable bonds is 5. The molecule has 1 fully saturated rings. The molecular formula is C20H24N4O2S2. The molecule has 6 nitrogen and oxygen atoms in total. The minimum Gasteiger partial charge on any atom is -0.268 e. The van der Waals surface area contributed by atoms with Gasteiger partial charge < -0.3 is 0 Å². The summed E-state index contributed by atoms with van der Waals surface area (Å²) in [5.74, 6) is 0. The lowest BCUT2D eigenvalue weighted by Gasteiger charge is -2.34. The van der Waals surface area contributed by atoms with Crippen molar-refractivity contribution in [1.82, 2.24) is 19.1 Å². The van der Waals surface area contributed by atoms with Crippen LogP contribution in [0, 0.1) is 0 Å². The van der Waals surface area contributed by atoms with Crippen LogP contribution in [-0.4, -0.2) is 34.0 Å². The highest BCUT2D eigenvalue weighted by Crippen LogP contribution is 2.38. The second kappa shape index (κ2) is 7.77. The average Bonchev–Trinajstić information content (AvgIpc) is 3.38. The van der Waals surface area contributed by atoms with Crippen LogP contribution >= 0.6 is 11.3 Å². The highest BCUT2D eigenvalue weighted by Gasteiger charge is 2.37. The van der Waals surface area contributed by atoms with Crippen LogP contribution in [0.3, 0.4) is 0 Å². The zero-order valence-corrected chi connectivity index (χ0v) is 17.7. The third-order valence-electron chi connectivity index (χ3n) is 5.09. The first-order chi connectivity index (χ1) is 13.5. The van der Waals surface area contributed by atoms with E-state index in [4.69, 9.17) is 0 Å². The summed E-state index contributed by atoms with van der Waals surface area (Å²) < 4.78 is 30.9. The summed E-state index contributed by atoms with van der Waals surface area (Å²) in [7, 11) is -3.70. The predicted molar refractivity (Wildman–Crippen MR) is 111 cm³/mol. The normalized spacial score (nSPS) is 18.6. The molecule has 1 unspecified atom stereocenters. The van der Waals surface area contributed by atoms with Crippen molar-refractivity contribution in [3.63, 3.8) is 0 Å². The second-order valence-corrected chi connectivity index (χ2v) is 10.1. The third-order valence-corrected chi connectivity index (χ3v) is 7.88. The van der Waals surface area contributed by atoms with Gasteiger partial charge in [-0.05, 0) is 49.8 Å². The summed E-state index contributed by atoms with van der Waals surface area (Å²) >= 11 is 1.51. The van der Waals surface area contributed by atoms with Crippen molar-refractivity contribution in [3.8, 4) is 10.6 Å². The largest absolute Gasteiger partial charge is 0.268 e. The van der Waals surface area contributed by atoms with E-state index in [2.05, 4.69) is 10.1 Å². The Morgan fingerprint density at radius 3 is 2.75 bits per heavy atom. The van der Waals surface area contributed by atoms with Gasteiger partial charge in [-0.3, -0.25) is 9.67 Å². The van der Waals surface area contributed by atoms with E-state index in [9.17, 15) is 8.42 Å². The molecule has 0 aromatic carbocycles. The Balaban J connectivity index is 1.81. The average molecular weight is 417 g/mol. The maximum atomic E-state index is 13.8. The lowest BCUT2D eigenvalue weighted by Crippen LogP contribution is -2.38. The first-order valence-corrected chi connectivity index (χ1v) is 11.9. The zero-order valence-electron chi connectivity index (χ0n) is 16.0. The quantitative estimate of drug-likeness (QED) is 0.614. The van der Waals surface area contributed by atoms with Crippen LogP contribution in [0.5, 0.6) is 0 Å². The fraction of sp³-hybridized carbons (Fsp3) is 0.400. The van der Waals surface area contributed by atoms with E-state index >= 15 is 0 Å². The molecule has 148 valence electrons. The minimum atomic E-state index is -3.70. The van der Waals surface area contributed by atoms with Gasteiger partial charge >= 0.3 is 0 Å². The van der Waals surface area contributed by atoms with Crippen molar-refractivity contribution in [2.45, 2.75) is 50.1 Å². The van der Waals surface area contributed by atoms with Crippen LogP contribution < -0.4 is 0 Å². The van der Waals surface area contributed by atoms with Crippen molar-refractivity contribution in [2.75, 3.05) is 6.54 Å². The van der Waals surface area contributed by atoms with E-state index in [1.165, 1.54) is 11.3 Å². The number of hydrogen-bond acceptors (Lipinski definition) is 5. The SMILES string of the molecule is CC(C)n1cc(S(=O)(=O)N2CCCCC2c2cccnc2)c(-c2cccs2)n1. The molecule has 1 saturated heterocycles. The van der Waals surface area contributed by atoms with Crippen LogP contribution in [0.25, 0.3) is 10.6 Å². The maximum Gasteiger partial charge on any atom is 0.247 e. The number of piperidine rings is 1. The Morgan fingerprint density at radius 1 is 1.21 bits per heavy atom. The number of nitrogens with zero attached hydrogens (tertiary/aromatic N) is 4. The smallest absolute Gasteiger partial charge is 0.247 e. The predicted octanol–water partition coefficient (Wildman–Crippen LogP) is 4.50. The molecule has 8 heteroatoms. The molecule has 1 aliphatic heterocycles. The Hall–Kier alpha value is -2.03. The van der Waals surface area contributed by atoms with Crippen molar-refractivity contribution >= 4 is 21.4 Å². The van der Waals surface area contributed by atoms with Gasteiger partial charge in [0.05, 0.1) is 10.9 Å². The number of sulfonamides is 1. The van der Waals surface area contributed by atoms with Crippen molar-refractivity contribution in [3.05, 3.63) is 53.8 Å². The summed E-state index contributed by atoms with van der Waals surface area (Å²) in [5.41, 5.74) is 1.49. The molecule has 0 radical (unpaired) electrons. The van der Waals surface area contributed by atoms with Gasteiger partial charge in [0.1, 0.15) is 10.6 Å². The molecule has 28 heavy (non-hydrogen) atoms.